The predicted molar refractivity (Wildman–Crippen MR) is 114 cm³/mol. The molecule has 1 fully saturated rings. The van der Waals surface area contributed by atoms with Crippen LogP contribution in [-0.4, -0.2) is 43.0 Å². The molecular weight excluding hydrogens is 398 g/mol. The monoisotopic (exact) mass is 423 g/mol. The lowest BCUT2D eigenvalue weighted by Crippen LogP contribution is -2.46. The van der Waals surface area contributed by atoms with E-state index in [0.717, 1.165) is 0 Å². The molecule has 0 saturated carbocycles. The number of benzene rings is 2. The third-order valence-electron chi connectivity index (χ3n) is 4.95. The fourth-order valence-electron chi connectivity index (χ4n) is 3.62. The summed E-state index contributed by atoms with van der Waals surface area (Å²) in [5.41, 5.74) is 0.298. The summed E-state index contributed by atoms with van der Waals surface area (Å²) in [5.74, 6) is -0.126. The van der Waals surface area contributed by atoms with Crippen LogP contribution in [0.4, 0.5) is 10.5 Å². The minimum Gasteiger partial charge on any atom is -0.489 e. The van der Waals surface area contributed by atoms with Gasteiger partial charge in [0, 0.05) is 25.1 Å². The van der Waals surface area contributed by atoms with Gasteiger partial charge in [-0.2, -0.15) is 0 Å². The highest BCUT2D eigenvalue weighted by atomic mass is 16.8. The van der Waals surface area contributed by atoms with Gasteiger partial charge >= 0.3 is 6.03 Å². The summed E-state index contributed by atoms with van der Waals surface area (Å²) < 4.78 is 17.9. The van der Waals surface area contributed by atoms with E-state index < -0.39 is 11.4 Å². The fraction of sp³-hybridized carbons (Fsp3) is 0.304. The third-order valence-corrected chi connectivity index (χ3v) is 4.95. The van der Waals surface area contributed by atoms with E-state index in [-0.39, 0.29) is 31.6 Å². The molecule has 0 aromatic heterocycles. The second-order valence-electron chi connectivity index (χ2n) is 7.86. The summed E-state index contributed by atoms with van der Waals surface area (Å²) in [5, 5.41) is 8.42. The van der Waals surface area contributed by atoms with Gasteiger partial charge in [0.25, 0.3) is 5.91 Å². The van der Waals surface area contributed by atoms with Crippen LogP contribution in [0.2, 0.25) is 0 Å². The highest BCUT2D eigenvalue weighted by Crippen LogP contribution is 2.45. The Morgan fingerprint density at radius 2 is 1.65 bits per heavy atom. The second kappa shape index (κ2) is 8.31. The van der Waals surface area contributed by atoms with Crippen molar-refractivity contribution in [1.29, 1.82) is 0 Å². The van der Waals surface area contributed by atoms with E-state index in [4.69, 9.17) is 14.2 Å². The molecule has 8 nitrogen and oxygen atoms in total. The number of ether oxygens (including phenoxy) is 3. The Labute approximate surface area is 180 Å². The number of carbonyl (C=O) groups excluding carboxylic acids is 2. The van der Waals surface area contributed by atoms with Gasteiger partial charge in [0.05, 0.1) is 13.1 Å². The highest BCUT2D eigenvalue weighted by molar-refractivity contribution is 5.94. The molecule has 2 heterocycles. The van der Waals surface area contributed by atoms with Crippen molar-refractivity contribution in [3.63, 3.8) is 0 Å². The molecule has 2 aromatic carbocycles. The average molecular weight is 423 g/mol. The number of rotatable bonds is 6. The molecule has 0 radical (unpaired) electrons. The van der Waals surface area contributed by atoms with Gasteiger partial charge in [0.15, 0.2) is 17.1 Å². The molecule has 2 aliphatic rings. The maximum atomic E-state index is 12.5. The molecule has 3 N–H and O–H groups in total. The third kappa shape index (κ3) is 4.64. The summed E-state index contributed by atoms with van der Waals surface area (Å²) in [6, 6.07) is 17.7. The van der Waals surface area contributed by atoms with Gasteiger partial charge in [-0.25, -0.2) is 4.79 Å². The van der Waals surface area contributed by atoms with Crippen LogP contribution in [0.3, 0.4) is 0 Å². The summed E-state index contributed by atoms with van der Waals surface area (Å²) in [6.45, 7) is 4.08. The zero-order valence-corrected chi connectivity index (χ0v) is 17.4. The Morgan fingerprint density at radius 3 is 2.35 bits per heavy atom. The summed E-state index contributed by atoms with van der Waals surface area (Å²) in [4.78, 5) is 24.7. The van der Waals surface area contributed by atoms with E-state index in [2.05, 4.69) is 16.0 Å². The van der Waals surface area contributed by atoms with Crippen LogP contribution in [0.25, 0.3) is 0 Å². The Morgan fingerprint density at radius 1 is 0.968 bits per heavy atom. The lowest BCUT2D eigenvalue weighted by atomic mass is 10.0. The quantitative estimate of drug-likeness (QED) is 0.664. The van der Waals surface area contributed by atoms with Gasteiger partial charge in [-0.05, 0) is 24.3 Å². The Kier molecular flexibility index (Phi) is 5.56. The minimum atomic E-state index is -0.944. The molecule has 1 saturated heterocycles. The zero-order valence-electron chi connectivity index (χ0n) is 17.4. The van der Waals surface area contributed by atoms with Crippen molar-refractivity contribution in [2.45, 2.75) is 25.2 Å². The minimum absolute atomic E-state index is 0.127. The van der Waals surface area contributed by atoms with Crippen LogP contribution in [0.15, 0.2) is 72.2 Å². The van der Waals surface area contributed by atoms with Crippen molar-refractivity contribution in [3.05, 3.63) is 77.7 Å². The summed E-state index contributed by atoms with van der Waals surface area (Å²) >= 11 is 0. The normalized spacial score (nSPS) is 21.0. The lowest BCUT2D eigenvalue weighted by Gasteiger charge is -2.25. The number of hydrogen-bond acceptors (Lipinski definition) is 5. The zero-order chi connectivity index (χ0) is 21.9. The van der Waals surface area contributed by atoms with Crippen LogP contribution in [-0.2, 0) is 14.2 Å². The van der Waals surface area contributed by atoms with Gasteiger partial charge in [-0.15, -0.1) is 0 Å². The summed E-state index contributed by atoms with van der Waals surface area (Å²) in [7, 11) is 0. The first-order valence-electron chi connectivity index (χ1n) is 10.1. The molecule has 4 rings (SSSR count). The van der Waals surface area contributed by atoms with E-state index >= 15 is 0 Å². The van der Waals surface area contributed by atoms with E-state index in [9.17, 15) is 9.59 Å². The molecular formula is C23H25N3O5. The van der Waals surface area contributed by atoms with Crippen molar-refractivity contribution in [3.8, 4) is 0 Å². The number of nitrogens with one attached hydrogen (secondary N) is 3. The first kappa shape index (κ1) is 20.7. The molecule has 3 amide bonds. The first-order valence-corrected chi connectivity index (χ1v) is 10.1. The van der Waals surface area contributed by atoms with Gasteiger partial charge in [0.2, 0.25) is 5.79 Å². The Balaban J connectivity index is 1.42. The number of anilines is 1. The number of fused-ring (bicyclic) bond motifs is 1. The molecule has 162 valence electrons. The van der Waals surface area contributed by atoms with Crippen LogP contribution in [0.5, 0.6) is 0 Å². The number of urea groups is 1. The standard InChI is InChI=1S/C23H25N3O5/c1-22(2)30-19-18(13-24-21(28)26-17-11-7-4-8-12-17)29-15-23(19,31-22)14-25-20(27)16-9-5-3-6-10-16/h3-12H,13-15H2,1-2H3,(H,25,27)(H2,24,26,28)/t23-/m0/s1. The molecule has 1 atom stereocenters. The summed E-state index contributed by atoms with van der Waals surface area (Å²) in [6.07, 6.45) is 0. The van der Waals surface area contributed by atoms with E-state index in [1.165, 1.54) is 0 Å². The lowest BCUT2D eigenvalue weighted by molar-refractivity contribution is -0.170. The Hall–Kier alpha value is -3.52. The van der Waals surface area contributed by atoms with E-state index in [1.807, 2.05) is 24.3 Å². The molecule has 2 aromatic rings. The number of amides is 3. The van der Waals surface area contributed by atoms with E-state index in [0.29, 0.717) is 22.8 Å². The Bertz CT molecular complexity index is 991. The predicted octanol–water partition coefficient (Wildman–Crippen LogP) is 3.00. The van der Waals surface area contributed by atoms with Crippen molar-refractivity contribution >= 4 is 17.6 Å². The van der Waals surface area contributed by atoms with Crippen molar-refractivity contribution in [2.24, 2.45) is 0 Å². The van der Waals surface area contributed by atoms with Crippen molar-refractivity contribution in [2.75, 3.05) is 25.0 Å². The van der Waals surface area contributed by atoms with Crippen molar-refractivity contribution < 1.29 is 23.8 Å². The molecule has 0 spiro atoms. The first-order chi connectivity index (χ1) is 14.9. The van der Waals surface area contributed by atoms with Crippen LogP contribution < -0.4 is 16.0 Å². The largest absolute Gasteiger partial charge is 0.489 e. The highest BCUT2D eigenvalue weighted by Gasteiger charge is 2.56. The van der Waals surface area contributed by atoms with Gasteiger partial charge in [-0.1, -0.05) is 36.4 Å². The van der Waals surface area contributed by atoms with Crippen LogP contribution >= 0.6 is 0 Å². The van der Waals surface area contributed by atoms with Gasteiger partial charge in [-0.3, -0.25) is 4.79 Å². The SMILES string of the molecule is CC1(C)OC2=C(CNC(=O)Nc3ccccc3)OC[C@]2(CNC(=O)c2ccccc2)O1. The molecule has 31 heavy (non-hydrogen) atoms. The molecule has 2 aliphatic heterocycles. The molecule has 0 aliphatic carbocycles. The number of hydrogen-bond donors (Lipinski definition) is 3. The second-order valence-corrected chi connectivity index (χ2v) is 7.86. The molecule has 8 heteroatoms. The van der Waals surface area contributed by atoms with Gasteiger partial charge in [0.1, 0.15) is 6.61 Å². The maximum absolute atomic E-state index is 12.5. The van der Waals surface area contributed by atoms with Crippen LogP contribution in [0, 0.1) is 0 Å². The molecule has 0 unspecified atom stereocenters. The van der Waals surface area contributed by atoms with Gasteiger partial charge < -0.3 is 30.2 Å². The fourth-order valence-corrected chi connectivity index (χ4v) is 3.62. The number of para-hydroxylation sites is 1. The molecule has 0 bridgehead atoms. The smallest absolute Gasteiger partial charge is 0.319 e. The maximum Gasteiger partial charge on any atom is 0.319 e. The number of carbonyl (C=O) groups is 2. The van der Waals surface area contributed by atoms with E-state index in [1.54, 1.807) is 50.2 Å². The average Bonchev–Trinajstić information content (AvgIpc) is 3.22. The van der Waals surface area contributed by atoms with Crippen LogP contribution in [0.1, 0.15) is 24.2 Å². The van der Waals surface area contributed by atoms with Crippen molar-refractivity contribution in [1.82, 2.24) is 10.6 Å². The topological polar surface area (TPSA) is 97.9 Å².